The van der Waals surface area contributed by atoms with Crippen LogP contribution in [0.1, 0.15) is 10.5 Å². The molecule has 0 atom stereocenters. The summed E-state index contributed by atoms with van der Waals surface area (Å²) < 4.78 is 26.0. The minimum absolute atomic E-state index is 0.0898. The van der Waals surface area contributed by atoms with Gasteiger partial charge in [-0.15, -0.1) is 0 Å². The molecule has 4 N–H and O–H groups in total. The van der Waals surface area contributed by atoms with Gasteiger partial charge in [0.05, 0.1) is 5.69 Å². The van der Waals surface area contributed by atoms with E-state index < -0.39 is 32.1 Å². The predicted octanol–water partition coefficient (Wildman–Crippen LogP) is -1.04. The quantitative estimate of drug-likeness (QED) is 0.560. The van der Waals surface area contributed by atoms with Gasteiger partial charge in [-0.1, -0.05) is 0 Å². The summed E-state index contributed by atoms with van der Waals surface area (Å²) in [6.45, 7) is 0. The number of aromatic nitrogens is 3. The third kappa shape index (κ3) is 3.14. The molecule has 0 amide bonds. The lowest BCUT2D eigenvalue weighted by Crippen LogP contribution is -2.29. The molecular weight excluding hydrogens is 304 g/mol. The van der Waals surface area contributed by atoms with Crippen molar-refractivity contribution in [2.75, 3.05) is 4.72 Å². The smallest absolute Gasteiger partial charge is 0.354 e. The number of pyridine rings is 1. The molecule has 110 valence electrons. The van der Waals surface area contributed by atoms with E-state index in [1.165, 1.54) is 6.07 Å². The SMILES string of the molecule is O=C(O)c1cc(NS(=O)(=O)c2c[nH]c(=O)[nH]c2=O)ccn1. The van der Waals surface area contributed by atoms with Crippen LogP contribution in [0.25, 0.3) is 0 Å². The predicted molar refractivity (Wildman–Crippen MR) is 69.7 cm³/mol. The van der Waals surface area contributed by atoms with Crippen LogP contribution in [0.5, 0.6) is 0 Å². The Labute approximate surface area is 116 Å². The zero-order valence-corrected chi connectivity index (χ0v) is 11.0. The van der Waals surface area contributed by atoms with E-state index in [4.69, 9.17) is 5.11 Å². The van der Waals surface area contributed by atoms with Crippen LogP contribution in [0, 0.1) is 0 Å². The number of nitrogens with one attached hydrogen (secondary N) is 3. The molecule has 2 aromatic rings. The number of carboxylic acid groups (broad SMARTS) is 1. The molecule has 0 fully saturated rings. The zero-order chi connectivity index (χ0) is 15.6. The molecule has 2 rings (SSSR count). The number of aromatic amines is 2. The standard InChI is InChI=1S/C10H8N4O6S/c15-8-7(4-12-10(18)13-8)21(19,20)14-5-1-2-11-6(3-5)9(16)17/h1-4H,(H,11,14)(H,16,17)(H2,12,13,15,18). The van der Waals surface area contributed by atoms with Crippen LogP contribution < -0.4 is 16.0 Å². The van der Waals surface area contributed by atoms with Crippen LogP contribution in [0.2, 0.25) is 0 Å². The topological polar surface area (TPSA) is 162 Å². The van der Waals surface area contributed by atoms with Crippen molar-refractivity contribution >= 4 is 21.7 Å². The number of sulfonamides is 1. The first-order valence-corrected chi connectivity index (χ1v) is 6.82. The Morgan fingerprint density at radius 2 is 2.05 bits per heavy atom. The van der Waals surface area contributed by atoms with E-state index in [2.05, 4.69) is 4.98 Å². The van der Waals surface area contributed by atoms with Gasteiger partial charge in [0.2, 0.25) is 0 Å². The van der Waals surface area contributed by atoms with Crippen LogP contribution in [0.15, 0.2) is 39.0 Å². The molecular formula is C10H8N4O6S. The second-order valence-corrected chi connectivity index (χ2v) is 5.43. The fraction of sp³-hybridized carbons (Fsp3) is 0. The summed E-state index contributed by atoms with van der Waals surface area (Å²) in [6, 6.07) is 2.20. The van der Waals surface area contributed by atoms with Crippen molar-refractivity contribution in [2.45, 2.75) is 4.90 Å². The van der Waals surface area contributed by atoms with Gasteiger partial charge >= 0.3 is 11.7 Å². The van der Waals surface area contributed by atoms with Crippen molar-refractivity contribution in [2.24, 2.45) is 0 Å². The molecule has 10 nitrogen and oxygen atoms in total. The average molecular weight is 312 g/mol. The minimum Gasteiger partial charge on any atom is -0.477 e. The first kappa shape index (κ1) is 14.5. The summed E-state index contributed by atoms with van der Waals surface area (Å²) in [4.78, 5) is 39.6. The summed E-state index contributed by atoms with van der Waals surface area (Å²) in [5.41, 5.74) is -2.41. The Hall–Kier alpha value is -2.95. The molecule has 0 aliphatic heterocycles. The van der Waals surface area contributed by atoms with Gasteiger partial charge in [-0.3, -0.25) is 14.5 Å². The van der Waals surface area contributed by atoms with E-state index in [1.54, 1.807) is 4.98 Å². The van der Waals surface area contributed by atoms with E-state index in [-0.39, 0.29) is 11.4 Å². The Morgan fingerprint density at radius 3 is 2.67 bits per heavy atom. The molecule has 0 bridgehead atoms. The lowest BCUT2D eigenvalue weighted by Gasteiger charge is -2.07. The molecule has 2 aromatic heterocycles. The van der Waals surface area contributed by atoms with Crippen molar-refractivity contribution in [1.82, 2.24) is 15.0 Å². The number of hydrogen-bond donors (Lipinski definition) is 4. The van der Waals surface area contributed by atoms with E-state index in [0.717, 1.165) is 18.5 Å². The van der Waals surface area contributed by atoms with Crippen LogP contribution in [0.3, 0.4) is 0 Å². The normalized spacial score (nSPS) is 11.0. The van der Waals surface area contributed by atoms with Gasteiger partial charge in [-0.05, 0) is 12.1 Å². The summed E-state index contributed by atoms with van der Waals surface area (Å²) >= 11 is 0. The Kier molecular flexibility index (Phi) is 3.58. The van der Waals surface area contributed by atoms with Crippen LogP contribution >= 0.6 is 0 Å². The van der Waals surface area contributed by atoms with Gasteiger partial charge in [0.1, 0.15) is 5.69 Å². The molecule has 0 unspecified atom stereocenters. The second-order valence-electron chi connectivity index (χ2n) is 3.78. The fourth-order valence-electron chi connectivity index (χ4n) is 1.42. The lowest BCUT2D eigenvalue weighted by molar-refractivity contribution is 0.0690. The van der Waals surface area contributed by atoms with Gasteiger partial charge in [-0.2, -0.15) is 0 Å². The molecule has 21 heavy (non-hydrogen) atoms. The third-order valence-corrected chi connectivity index (χ3v) is 3.69. The molecule has 2 heterocycles. The Bertz CT molecular complexity index is 913. The van der Waals surface area contributed by atoms with Gasteiger partial charge in [0, 0.05) is 12.4 Å². The number of H-pyrrole nitrogens is 2. The van der Waals surface area contributed by atoms with Gasteiger partial charge < -0.3 is 10.1 Å². The van der Waals surface area contributed by atoms with Crippen molar-refractivity contribution in [3.8, 4) is 0 Å². The Balaban J connectivity index is 2.42. The van der Waals surface area contributed by atoms with Crippen LogP contribution in [-0.2, 0) is 10.0 Å². The van der Waals surface area contributed by atoms with Crippen molar-refractivity contribution in [3.63, 3.8) is 0 Å². The summed E-state index contributed by atoms with van der Waals surface area (Å²) in [7, 11) is -4.29. The minimum atomic E-state index is -4.29. The zero-order valence-electron chi connectivity index (χ0n) is 10.2. The second kappa shape index (κ2) is 5.20. The van der Waals surface area contributed by atoms with E-state index in [0.29, 0.717) is 0 Å². The first-order chi connectivity index (χ1) is 9.79. The van der Waals surface area contributed by atoms with Crippen LogP contribution in [-0.4, -0.2) is 34.4 Å². The van der Waals surface area contributed by atoms with E-state index in [1.807, 2.05) is 9.71 Å². The van der Waals surface area contributed by atoms with Crippen LogP contribution in [0.4, 0.5) is 5.69 Å². The number of anilines is 1. The number of carbonyl (C=O) groups is 1. The van der Waals surface area contributed by atoms with E-state index >= 15 is 0 Å². The highest BCUT2D eigenvalue weighted by Gasteiger charge is 2.19. The molecule has 0 aliphatic rings. The number of aromatic carboxylic acids is 1. The molecule has 0 spiro atoms. The number of rotatable bonds is 4. The highest BCUT2D eigenvalue weighted by Crippen LogP contribution is 2.13. The van der Waals surface area contributed by atoms with Crippen molar-refractivity contribution < 1.29 is 18.3 Å². The van der Waals surface area contributed by atoms with E-state index in [9.17, 15) is 22.8 Å². The number of hydrogen-bond acceptors (Lipinski definition) is 6. The summed E-state index contributed by atoms with van der Waals surface area (Å²) in [6.07, 6.45) is 1.83. The average Bonchev–Trinajstić information content (AvgIpc) is 2.37. The number of carboxylic acids is 1. The lowest BCUT2D eigenvalue weighted by atomic mass is 10.3. The van der Waals surface area contributed by atoms with Crippen molar-refractivity contribution in [3.05, 3.63) is 51.1 Å². The first-order valence-electron chi connectivity index (χ1n) is 5.34. The molecule has 0 saturated heterocycles. The highest BCUT2D eigenvalue weighted by molar-refractivity contribution is 7.92. The summed E-state index contributed by atoms with van der Waals surface area (Å²) in [5, 5.41) is 8.76. The van der Waals surface area contributed by atoms with Gasteiger partial charge in [0.25, 0.3) is 15.6 Å². The fourth-order valence-corrected chi connectivity index (χ4v) is 2.47. The molecule has 0 aliphatic carbocycles. The molecule has 0 saturated carbocycles. The van der Waals surface area contributed by atoms with Gasteiger partial charge in [-0.25, -0.2) is 23.0 Å². The molecule has 11 heteroatoms. The third-order valence-electron chi connectivity index (χ3n) is 2.31. The Morgan fingerprint density at radius 1 is 1.33 bits per heavy atom. The molecule has 0 radical (unpaired) electrons. The van der Waals surface area contributed by atoms with Crippen molar-refractivity contribution in [1.29, 1.82) is 0 Å². The molecule has 0 aromatic carbocycles. The summed E-state index contributed by atoms with van der Waals surface area (Å²) in [5.74, 6) is -1.34. The maximum absolute atomic E-state index is 12.0. The van der Waals surface area contributed by atoms with Gasteiger partial charge in [0.15, 0.2) is 4.90 Å². The largest absolute Gasteiger partial charge is 0.477 e. The highest BCUT2D eigenvalue weighted by atomic mass is 32.2. The number of nitrogens with zero attached hydrogens (tertiary/aromatic N) is 1. The monoisotopic (exact) mass is 312 g/mol. The maximum Gasteiger partial charge on any atom is 0.354 e. The maximum atomic E-state index is 12.0.